The van der Waals surface area contributed by atoms with Crippen LogP contribution in [0.2, 0.25) is 0 Å². The molecule has 0 aromatic rings. The summed E-state index contributed by atoms with van der Waals surface area (Å²) in [5, 5.41) is 23.9. The van der Waals surface area contributed by atoms with Crippen LogP contribution >= 0.6 is 0 Å². The molecule has 0 aromatic carbocycles. The van der Waals surface area contributed by atoms with E-state index in [0.29, 0.717) is 31.6 Å². The smallest absolute Gasteiger partial charge is 0.311 e. The van der Waals surface area contributed by atoms with Crippen molar-refractivity contribution in [3.63, 3.8) is 0 Å². The predicted molar refractivity (Wildman–Crippen MR) is 184 cm³/mol. The van der Waals surface area contributed by atoms with Crippen LogP contribution in [0.25, 0.3) is 0 Å². The van der Waals surface area contributed by atoms with Gasteiger partial charge in [-0.3, -0.25) is 9.69 Å². The Hall–Kier alpha value is -1.11. The van der Waals surface area contributed by atoms with Gasteiger partial charge in [-0.05, 0) is 106 Å². The second-order valence-corrected chi connectivity index (χ2v) is 15.9. The van der Waals surface area contributed by atoms with Crippen molar-refractivity contribution in [3.8, 4) is 0 Å². The van der Waals surface area contributed by atoms with E-state index in [-0.39, 0.29) is 42.3 Å². The Morgan fingerprint density at radius 2 is 1.64 bits per heavy atom. The number of likely N-dealkylation sites (N-methyl/N-ethyl adjacent to an activating group) is 2. The lowest BCUT2D eigenvalue weighted by Crippen LogP contribution is -2.59. The highest BCUT2D eigenvalue weighted by Crippen LogP contribution is 2.38. The molecule has 2 saturated heterocycles. The number of carbonyl (C=O) groups is 1. The van der Waals surface area contributed by atoms with Gasteiger partial charge in [0, 0.05) is 31.0 Å². The number of ether oxygens (including phenoxy) is 5. The van der Waals surface area contributed by atoms with Gasteiger partial charge < -0.3 is 38.8 Å². The first-order chi connectivity index (χ1) is 21.8. The highest BCUT2D eigenvalue weighted by molar-refractivity contribution is 5.73. The maximum atomic E-state index is 14.0. The number of hydrogen-bond donors (Lipinski definition) is 2. The molecule has 10 nitrogen and oxygen atoms in total. The topological polar surface area (TPSA) is 110 Å². The van der Waals surface area contributed by atoms with Crippen molar-refractivity contribution < 1.29 is 38.7 Å². The molecule has 0 bridgehead atoms. The molecular formula is C37H68N2O8. The summed E-state index contributed by atoms with van der Waals surface area (Å²) in [5.74, 6) is -1.08. The number of rotatable bonds is 6. The zero-order valence-corrected chi connectivity index (χ0v) is 31.6. The summed E-state index contributed by atoms with van der Waals surface area (Å²) in [6.07, 6.45) is 1.03. The van der Waals surface area contributed by atoms with Crippen LogP contribution in [0.15, 0.2) is 11.6 Å². The third-order valence-corrected chi connectivity index (χ3v) is 10.8. The normalized spacial score (nSPS) is 45.5. The average molecular weight is 669 g/mol. The van der Waals surface area contributed by atoms with Gasteiger partial charge in [-0.15, -0.1) is 0 Å². The van der Waals surface area contributed by atoms with Gasteiger partial charge in [-0.25, -0.2) is 0 Å². The molecule has 0 amide bonds. The maximum Gasteiger partial charge on any atom is 0.311 e. The summed E-state index contributed by atoms with van der Waals surface area (Å²) >= 11 is 0. The molecule has 47 heavy (non-hydrogen) atoms. The molecule has 0 radical (unpaired) electrons. The quantitative estimate of drug-likeness (QED) is 0.297. The summed E-state index contributed by atoms with van der Waals surface area (Å²) in [6, 6.07) is -0.0796. The van der Waals surface area contributed by atoms with Gasteiger partial charge >= 0.3 is 5.97 Å². The number of cyclic esters (lactones) is 1. The summed E-state index contributed by atoms with van der Waals surface area (Å²) < 4.78 is 32.2. The lowest BCUT2D eigenvalue weighted by atomic mass is 9.77. The molecule has 0 saturated carbocycles. The molecule has 15 atom stereocenters. The van der Waals surface area contributed by atoms with Crippen LogP contribution in [0.4, 0.5) is 0 Å². The number of esters is 1. The number of carbonyl (C=O) groups excluding carboxylic acids is 1. The van der Waals surface area contributed by atoms with E-state index in [1.165, 1.54) is 0 Å². The van der Waals surface area contributed by atoms with Crippen LogP contribution in [0.5, 0.6) is 0 Å². The molecule has 274 valence electrons. The standard InChI is InChI=1S/C37H68N2O8/c1-14-30-23(4)17-24(5)39(13)20-22(3)19-37(10,42)34(47-36-32(40)29(38(11)12)18-26(7)44-36)27(8)33(28(9)35(41)45-30)46-31-16-21(2)15-25(6)43-31/h17,21-22,24-34,36,40,42H,14-16,18-20H2,1-13H3/t21-,22-,24-,25+,26-,27+,28-,29+,30-,31+,32-,33+,34-,36+,37-/m1/s1. The minimum atomic E-state index is -1.36. The van der Waals surface area contributed by atoms with Crippen LogP contribution in [-0.4, -0.2) is 121 Å². The Morgan fingerprint density at radius 3 is 2.23 bits per heavy atom. The van der Waals surface area contributed by atoms with Crippen molar-refractivity contribution in [2.75, 3.05) is 27.7 Å². The highest BCUT2D eigenvalue weighted by Gasteiger charge is 2.49. The van der Waals surface area contributed by atoms with Crippen molar-refractivity contribution in [1.82, 2.24) is 9.80 Å². The fourth-order valence-electron chi connectivity index (χ4n) is 8.17. The molecule has 0 spiro atoms. The summed E-state index contributed by atoms with van der Waals surface area (Å²) in [5.41, 5.74) is -0.350. The van der Waals surface area contributed by atoms with E-state index in [1.54, 1.807) is 6.92 Å². The first-order valence-corrected chi connectivity index (χ1v) is 18.1. The van der Waals surface area contributed by atoms with E-state index in [0.717, 1.165) is 18.5 Å². The molecule has 3 aliphatic rings. The lowest BCUT2D eigenvalue weighted by molar-refractivity contribution is -0.307. The van der Waals surface area contributed by atoms with Crippen molar-refractivity contribution in [2.24, 2.45) is 23.7 Å². The van der Waals surface area contributed by atoms with Gasteiger partial charge in [0.2, 0.25) is 0 Å². The van der Waals surface area contributed by atoms with Gasteiger partial charge in [0.15, 0.2) is 12.6 Å². The lowest BCUT2D eigenvalue weighted by Gasteiger charge is -2.47. The van der Waals surface area contributed by atoms with Crippen LogP contribution in [-0.2, 0) is 28.5 Å². The molecular weight excluding hydrogens is 600 g/mol. The average Bonchev–Trinajstić information content (AvgIpc) is 2.96. The van der Waals surface area contributed by atoms with Crippen LogP contribution in [0.3, 0.4) is 0 Å². The van der Waals surface area contributed by atoms with Gasteiger partial charge in [0.25, 0.3) is 0 Å². The maximum absolute atomic E-state index is 14.0. The van der Waals surface area contributed by atoms with Crippen LogP contribution in [0, 0.1) is 23.7 Å². The molecule has 0 unspecified atom stereocenters. The van der Waals surface area contributed by atoms with E-state index < -0.39 is 48.3 Å². The van der Waals surface area contributed by atoms with E-state index in [2.05, 4.69) is 38.8 Å². The van der Waals surface area contributed by atoms with E-state index in [9.17, 15) is 15.0 Å². The Balaban J connectivity index is 2.10. The highest BCUT2D eigenvalue weighted by atomic mass is 16.7. The molecule has 0 aromatic heterocycles. The molecule has 2 fully saturated rings. The fourth-order valence-corrected chi connectivity index (χ4v) is 8.17. The number of aliphatic hydroxyl groups is 2. The van der Waals surface area contributed by atoms with Crippen LogP contribution in [0.1, 0.15) is 101 Å². The number of hydrogen-bond acceptors (Lipinski definition) is 10. The zero-order chi connectivity index (χ0) is 35.4. The van der Waals surface area contributed by atoms with Gasteiger partial charge in [0.1, 0.15) is 12.2 Å². The minimum Gasteiger partial charge on any atom is -0.458 e. The molecule has 0 aliphatic carbocycles. The van der Waals surface area contributed by atoms with Crippen LogP contribution < -0.4 is 0 Å². The largest absolute Gasteiger partial charge is 0.458 e. The SMILES string of the molecule is CC[C@H]1OC(=O)[C@H](C)[C@@H](O[C@H]2C[C@H](C)C[C@H](C)O2)[C@H](C)[C@@H](O[C@@H]2O[C@H](C)C[C@H](N(C)C)[C@H]2O)[C@](C)(O)C[C@@H](C)CN(C)[C@H](C)C=C1C. The van der Waals surface area contributed by atoms with Gasteiger partial charge in [-0.2, -0.15) is 0 Å². The first-order valence-electron chi connectivity index (χ1n) is 18.1. The Kier molecular flexibility index (Phi) is 14.8. The summed E-state index contributed by atoms with van der Waals surface area (Å²) in [6.45, 7) is 20.9. The van der Waals surface area contributed by atoms with Crippen molar-refractivity contribution >= 4 is 5.97 Å². The zero-order valence-electron chi connectivity index (χ0n) is 31.6. The molecule has 10 heteroatoms. The Morgan fingerprint density at radius 1 is 1.00 bits per heavy atom. The van der Waals surface area contributed by atoms with Crippen molar-refractivity contribution in [3.05, 3.63) is 11.6 Å². The van der Waals surface area contributed by atoms with E-state index in [1.807, 2.05) is 60.5 Å². The van der Waals surface area contributed by atoms with Gasteiger partial charge in [0.05, 0.1) is 35.9 Å². The summed E-state index contributed by atoms with van der Waals surface area (Å²) in [4.78, 5) is 18.3. The number of nitrogens with zero attached hydrogens (tertiary/aromatic N) is 2. The van der Waals surface area contributed by atoms with Gasteiger partial charge in [-0.1, -0.05) is 33.8 Å². The third kappa shape index (κ3) is 10.7. The monoisotopic (exact) mass is 668 g/mol. The van der Waals surface area contributed by atoms with E-state index in [4.69, 9.17) is 23.7 Å². The summed E-state index contributed by atoms with van der Waals surface area (Å²) in [7, 11) is 5.96. The molecule has 3 aliphatic heterocycles. The predicted octanol–water partition coefficient (Wildman–Crippen LogP) is 5.00. The van der Waals surface area contributed by atoms with Crippen molar-refractivity contribution in [1.29, 1.82) is 0 Å². The molecule has 3 heterocycles. The second kappa shape index (κ2) is 17.2. The third-order valence-electron chi connectivity index (χ3n) is 10.8. The van der Waals surface area contributed by atoms with E-state index >= 15 is 0 Å². The number of aliphatic hydroxyl groups excluding tert-OH is 1. The molecule has 3 rings (SSSR count). The second-order valence-electron chi connectivity index (χ2n) is 15.9. The Labute approximate surface area is 285 Å². The first kappa shape index (κ1) is 40.3. The Bertz CT molecular complexity index is 1010. The molecule has 2 N–H and O–H groups in total. The fraction of sp³-hybridized carbons (Fsp3) is 0.919. The van der Waals surface area contributed by atoms with Crippen molar-refractivity contribution in [2.45, 2.75) is 168 Å². The minimum absolute atomic E-state index is 0.0195.